The topological polar surface area (TPSA) is 114 Å². The van der Waals surface area contributed by atoms with E-state index in [9.17, 15) is 19.0 Å². The minimum absolute atomic E-state index is 0.0265. The maximum absolute atomic E-state index is 13.5. The predicted molar refractivity (Wildman–Crippen MR) is 330 cm³/mol. The highest BCUT2D eigenvalue weighted by Gasteiger charge is 2.27. The fourth-order valence-corrected chi connectivity index (χ4v) is 9.92. The molecule has 0 spiro atoms. The molecule has 0 aliphatic heterocycles. The van der Waals surface area contributed by atoms with E-state index in [2.05, 4.69) is 86.8 Å². The highest BCUT2D eigenvalue weighted by molar-refractivity contribution is 7.45. The molecule has 0 saturated heterocycles. The Morgan fingerprint density at radius 3 is 1.25 bits per heavy atom. The number of ether oxygens (including phenoxy) is 1. The summed E-state index contributed by atoms with van der Waals surface area (Å²) in [7, 11) is 1.18. The molecule has 9 nitrogen and oxygen atoms in total. The Labute approximate surface area is 476 Å². The van der Waals surface area contributed by atoms with Crippen molar-refractivity contribution in [2.45, 2.75) is 303 Å². The molecule has 0 rings (SSSR count). The summed E-state index contributed by atoms with van der Waals surface area (Å²) >= 11 is 0. The zero-order chi connectivity index (χ0) is 56.4. The van der Waals surface area contributed by atoms with Crippen molar-refractivity contribution in [3.8, 4) is 0 Å². The second-order valence-corrected chi connectivity index (χ2v) is 24.3. The molecule has 1 N–H and O–H groups in total. The Balaban J connectivity index is 5.28. The number of nitrogens with one attached hydrogen (secondary N) is 1. The third kappa shape index (κ3) is 57.9. The van der Waals surface area contributed by atoms with Gasteiger partial charge in [0.1, 0.15) is 19.3 Å². The fraction of sp³-hybridized carbons (Fsp3) is 0.791. The monoisotopic (exact) mass is 1100 g/mol. The standard InChI is InChI=1S/C67H123N2O7P/c1-7-10-13-16-19-22-25-28-30-32-33-34-35-37-39-42-45-48-51-54-57-60-67(71)76-65(58-55-52-49-46-43-40-27-24-21-18-15-12-9-3)64(63-75-77(72,73)74-62-61-69(4,5)6)68-66(70)59-56-53-50-47-44-41-38-36-31-29-26-23-20-17-14-11-8-2/h10,13,19,22,28,30,33-34,37,39,55,58,64-65H,7-9,11-12,14-18,20-21,23-27,29,31-32,35-36,38,40-54,56-57,59-63H2,1-6H3,(H-,68,70,72,73)/b13-10-,22-19-,30-28-,34-33-,39-37-,58-55+. The number of esters is 1. The van der Waals surface area contributed by atoms with Gasteiger partial charge in [-0.1, -0.05) is 274 Å². The number of hydrogen-bond donors (Lipinski definition) is 1. The number of hydrogen-bond acceptors (Lipinski definition) is 7. The van der Waals surface area contributed by atoms with Crippen molar-refractivity contribution in [2.75, 3.05) is 40.9 Å². The maximum atomic E-state index is 13.5. The molecular weight excluding hydrogens is 976 g/mol. The van der Waals surface area contributed by atoms with Gasteiger partial charge in [0.05, 0.1) is 33.8 Å². The number of amides is 1. The van der Waals surface area contributed by atoms with Crippen molar-refractivity contribution in [1.29, 1.82) is 0 Å². The van der Waals surface area contributed by atoms with Gasteiger partial charge in [-0.2, -0.15) is 0 Å². The van der Waals surface area contributed by atoms with Gasteiger partial charge in [-0.3, -0.25) is 14.2 Å². The number of nitrogens with zero attached hydrogens (tertiary/aromatic N) is 1. The quantitative estimate of drug-likeness (QED) is 0.0212. The number of allylic oxidation sites excluding steroid dienone is 11. The number of rotatable bonds is 58. The van der Waals surface area contributed by atoms with Crippen LogP contribution < -0.4 is 10.2 Å². The average molecular weight is 1100 g/mol. The predicted octanol–water partition coefficient (Wildman–Crippen LogP) is 19.4. The lowest BCUT2D eigenvalue weighted by Crippen LogP contribution is -2.47. The summed E-state index contributed by atoms with van der Waals surface area (Å²) in [6.45, 7) is 6.74. The minimum atomic E-state index is -4.71. The first kappa shape index (κ1) is 74.5. The third-order valence-electron chi connectivity index (χ3n) is 14.2. The fourth-order valence-electron chi connectivity index (χ4n) is 9.20. The Kier molecular flexibility index (Phi) is 54.8. The van der Waals surface area contributed by atoms with Crippen molar-refractivity contribution in [1.82, 2.24) is 5.32 Å². The summed E-state index contributed by atoms with van der Waals surface area (Å²) < 4.78 is 30.4. The summed E-state index contributed by atoms with van der Waals surface area (Å²) in [5.41, 5.74) is 0. The van der Waals surface area contributed by atoms with Crippen LogP contribution >= 0.6 is 7.82 Å². The minimum Gasteiger partial charge on any atom is -0.756 e. The van der Waals surface area contributed by atoms with Crippen LogP contribution in [0.25, 0.3) is 0 Å². The Morgan fingerprint density at radius 2 is 0.831 bits per heavy atom. The molecule has 0 heterocycles. The van der Waals surface area contributed by atoms with Crippen LogP contribution in [-0.2, 0) is 27.9 Å². The molecule has 1 amide bonds. The lowest BCUT2D eigenvalue weighted by atomic mass is 10.0. The van der Waals surface area contributed by atoms with Gasteiger partial charge in [-0.25, -0.2) is 0 Å². The van der Waals surface area contributed by atoms with E-state index >= 15 is 0 Å². The second-order valence-electron chi connectivity index (χ2n) is 22.9. The van der Waals surface area contributed by atoms with Gasteiger partial charge in [-0.05, 0) is 76.7 Å². The normalized spacial score (nSPS) is 14.1. The van der Waals surface area contributed by atoms with Crippen LogP contribution in [0.1, 0.15) is 290 Å². The summed E-state index contributed by atoms with van der Waals surface area (Å²) in [6, 6.07) is -0.897. The Bertz CT molecular complexity index is 1550. The molecule has 0 fully saturated rings. The van der Waals surface area contributed by atoms with Crippen LogP contribution in [0, 0.1) is 0 Å². The Hall–Kier alpha value is -2.55. The van der Waals surface area contributed by atoms with Gasteiger partial charge in [0, 0.05) is 12.8 Å². The van der Waals surface area contributed by atoms with Crippen LogP contribution in [0.5, 0.6) is 0 Å². The van der Waals surface area contributed by atoms with E-state index < -0.39 is 26.6 Å². The summed E-state index contributed by atoms with van der Waals surface area (Å²) in [6.07, 6.45) is 72.9. The molecule has 10 heteroatoms. The number of phosphoric ester groups is 1. The van der Waals surface area contributed by atoms with Gasteiger partial charge in [0.2, 0.25) is 5.91 Å². The van der Waals surface area contributed by atoms with Crippen molar-refractivity contribution in [2.24, 2.45) is 0 Å². The van der Waals surface area contributed by atoms with Crippen LogP contribution in [0.15, 0.2) is 72.9 Å². The van der Waals surface area contributed by atoms with E-state index in [-0.39, 0.29) is 24.9 Å². The van der Waals surface area contributed by atoms with Crippen molar-refractivity contribution >= 4 is 19.7 Å². The molecule has 0 aromatic rings. The zero-order valence-corrected chi connectivity index (χ0v) is 52.0. The van der Waals surface area contributed by atoms with Gasteiger partial charge >= 0.3 is 5.97 Å². The van der Waals surface area contributed by atoms with Crippen LogP contribution in [0.3, 0.4) is 0 Å². The molecule has 0 saturated carbocycles. The summed E-state index contributed by atoms with van der Waals surface area (Å²) in [5, 5.41) is 3.03. The van der Waals surface area contributed by atoms with Crippen molar-refractivity contribution in [3.63, 3.8) is 0 Å². The maximum Gasteiger partial charge on any atom is 0.306 e. The molecule has 77 heavy (non-hydrogen) atoms. The molecule has 0 radical (unpaired) electrons. The number of carbonyl (C=O) groups excluding carboxylic acids is 2. The molecule has 0 aliphatic carbocycles. The van der Waals surface area contributed by atoms with Gasteiger partial charge in [-0.15, -0.1) is 0 Å². The summed E-state index contributed by atoms with van der Waals surface area (Å²) in [5.74, 6) is -0.555. The van der Waals surface area contributed by atoms with E-state index in [0.29, 0.717) is 23.9 Å². The molecular formula is C67H123N2O7P. The smallest absolute Gasteiger partial charge is 0.306 e. The molecule has 3 unspecified atom stereocenters. The van der Waals surface area contributed by atoms with Crippen LogP contribution in [0.2, 0.25) is 0 Å². The van der Waals surface area contributed by atoms with Gasteiger partial charge in [0.25, 0.3) is 7.82 Å². The largest absolute Gasteiger partial charge is 0.756 e. The first-order valence-corrected chi connectivity index (χ1v) is 33.7. The van der Waals surface area contributed by atoms with Gasteiger partial charge < -0.3 is 28.5 Å². The molecule has 448 valence electrons. The molecule has 3 atom stereocenters. The Morgan fingerprint density at radius 1 is 0.468 bits per heavy atom. The van der Waals surface area contributed by atoms with Crippen molar-refractivity contribution < 1.29 is 37.3 Å². The lowest BCUT2D eigenvalue weighted by molar-refractivity contribution is -0.870. The van der Waals surface area contributed by atoms with Crippen LogP contribution in [0.4, 0.5) is 0 Å². The van der Waals surface area contributed by atoms with Gasteiger partial charge in [0.15, 0.2) is 0 Å². The summed E-state index contributed by atoms with van der Waals surface area (Å²) in [4.78, 5) is 40.1. The number of unbranched alkanes of at least 4 members (excludes halogenated alkanes) is 32. The first-order valence-electron chi connectivity index (χ1n) is 32.2. The van der Waals surface area contributed by atoms with E-state index in [1.165, 1.54) is 148 Å². The first-order chi connectivity index (χ1) is 37.4. The van der Waals surface area contributed by atoms with E-state index in [1.807, 2.05) is 33.3 Å². The SMILES string of the molecule is CC/C=C\C/C=C\C/C=C\C/C=C\C/C=C\CCCCCCCC(=O)OC(/C=C/CCCCCCCCCCCCC)C(COP(=O)([O-])OCC[N+](C)(C)C)NC(=O)CCCCCCCCCCCCCCCCCCC. The second kappa shape index (κ2) is 56.7. The number of phosphoric acid groups is 1. The van der Waals surface area contributed by atoms with Crippen molar-refractivity contribution in [3.05, 3.63) is 72.9 Å². The van der Waals surface area contributed by atoms with E-state index in [4.69, 9.17) is 13.8 Å². The lowest BCUT2D eigenvalue weighted by Gasteiger charge is -2.30. The molecule has 0 aromatic heterocycles. The van der Waals surface area contributed by atoms with E-state index in [1.54, 1.807) is 0 Å². The molecule has 0 aromatic carbocycles. The molecule has 0 aliphatic rings. The third-order valence-corrected chi connectivity index (χ3v) is 15.1. The average Bonchev–Trinajstić information content (AvgIpc) is 3.39. The molecule has 0 bridgehead atoms. The van der Waals surface area contributed by atoms with Crippen LogP contribution in [-0.4, -0.2) is 69.4 Å². The number of likely N-dealkylation sites (N-methyl/N-ethyl adjacent to an activating group) is 1. The number of quaternary nitrogens is 1. The highest BCUT2D eigenvalue weighted by atomic mass is 31.2. The highest BCUT2D eigenvalue weighted by Crippen LogP contribution is 2.38. The zero-order valence-electron chi connectivity index (χ0n) is 51.2. The van der Waals surface area contributed by atoms with E-state index in [0.717, 1.165) is 103 Å². The number of carbonyl (C=O) groups is 2.